The Morgan fingerprint density at radius 1 is 1.00 bits per heavy atom. The van der Waals surface area contributed by atoms with Gasteiger partial charge in [-0.3, -0.25) is 19.4 Å². The van der Waals surface area contributed by atoms with E-state index in [0.717, 1.165) is 28.3 Å². The lowest BCUT2D eigenvalue weighted by Crippen LogP contribution is -2.55. The molecule has 0 bridgehead atoms. The highest BCUT2D eigenvalue weighted by molar-refractivity contribution is 5.93. The van der Waals surface area contributed by atoms with E-state index in [1.54, 1.807) is 17.3 Å². The second-order valence-corrected chi connectivity index (χ2v) is 11.7. The van der Waals surface area contributed by atoms with Gasteiger partial charge in [-0.1, -0.05) is 69.3 Å². The second-order valence-electron chi connectivity index (χ2n) is 11.7. The minimum absolute atomic E-state index is 0. The largest absolute Gasteiger partial charge is 0.390 e. The van der Waals surface area contributed by atoms with Crippen molar-refractivity contribution in [2.45, 2.75) is 64.8 Å². The van der Waals surface area contributed by atoms with Crippen molar-refractivity contribution in [2.24, 2.45) is 5.41 Å². The molecule has 2 heterocycles. The third-order valence-corrected chi connectivity index (χ3v) is 7.29. The van der Waals surface area contributed by atoms with Crippen molar-refractivity contribution in [1.82, 2.24) is 25.8 Å². The van der Waals surface area contributed by atoms with Crippen molar-refractivity contribution in [1.29, 1.82) is 0 Å². The summed E-state index contributed by atoms with van der Waals surface area (Å²) >= 11 is 0. The third-order valence-electron chi connectivity index (χ3n) is 7.29. The Morgan fingerprint density at radius 3 is 2.44 bits per heavy atom. The first-order chi connectivity index (χ1) is 19.6. The number of pyridine rings is 1. The number of halogens is 2. The number of hydrogen-bond acceptors (Lipinski definition) is 6. The fraction of sp³-hybridized carbons (Fsp3) is 0.438. The summed E-state index contributed by atoms with van der Waals surface area (Å²) in [6.07, 6.45) is 4.20. The highest BCUT2D eigenvalue weighted by Crippen LogP contribution is 2.26. The molecule has 1 saturated heterocycles. The maximum absolute atomic E-state index is 13.5. The maximum Gasteiger partial charge on any atom is 0.243 e. The number of aromatic nitrogens is 1. The number of nitrogens with one attached hydrogen (secondary N) is 3. The standard InChI is InChI=1S/C32H41N5O4.2ClH/c1-32(2,3)31(41)37-15-7-11-28(37)30(40)36-27(17-22-12-13-24-9-4-5-10-25(24)16-22)29(39)35-21-26(38)20-34-19-23-8-6-14-33-18-23;;/h4-6,8-10,12-14,16,18,26-28,34,38H,7,11,15,17,19-21H2,1-3H3,(H,35,39)(H,36,40);2*1H/t26?,27-,28+;;/m1../s1. The predicted molar refractivity (Wildman–Crippen MR) is 173 cm³/mol. The molecule has 3 amide bonds. The molecule has 4 N–H and O–H groups in total. The molecule has 9 nitrogen and oxygen atoms in total. The van der Waals surface area contributed by atoms with Gasteiger partial charge in [0.1, 0.15) is 12.1 Å². The molecule has 1 aromatic heterocycles. The number of fused-ring (bicyclic) bond motifs is 1. The van der Waals surface area contributed by atoms with Crippen molar-refractivity contribution >= 4 is 53.3 Å². The highest BCUT2D eigenvalue weighted by Gasteiger charge is 2.39. The molecule has 0 spiro atoms. The number of likely N-dealkylation sites (tertiary alicyclic amines) is 1. The highest BCUT2D eigenvalue weighted by atomic mass is 35.5. The van der Waals surface area contributed by atoms with Crippen LogP contribution in [0, 0.1) is 5.41 Å². The van der Waals surface area contributed by atoms with E-state index in [9.17, 15) is 19.5 Å². The average molecular weight is 633 g/mol. The van der Waals surface area contributed by atoms with Crippen LogP contribution in [0.3, 0.4) is 0 Å². The van der Waals surface area contributed by atoms with E-state index in [2.05, 4.69) is 20.9 Å². The zero-order valence-electron chi connectivity index (χ0n) is 24.9. The first-order valence-corrected chi connectivity index (χ1v) is 14.3. The van der Waals surface area contributed by atoms with Crippen LogP contribution in [0.4, 0.5) is 0 Å². The van der Waals surface area contributed by atoms with Crippen LogP contribution in [0.2, 0.25) is 0 Å². The molecule has 1 aliphatic rings. The van der Waals surface area contributed by atoms with Crippen LogP contribution in [0.15, 0.2) is 67.0 Å². The van der Waals surface area contributed by atoms with Crippen molar-refractivity contribution < 1.29 is 19.5 Å². The molecule has 1 unspecified atom stereocenters. The fourth-order valence-corrected chi connectivity index (χ4v) is 5.09. The number of carbonyl (C=O) groups excluding carboxylic acids is 3. The number of rotatable bonds is 11. The smallest absolute Gasteiger partial charge is 0.243 e. The molecule has 11 heteroatoms. The Kier molecular flexibility index (Phi) is 13.9. The quantitative estimate of drug-likeness (QED) is 0.257. The lowest BCUT2D eigenvalue weighted by Gasteiger charge is -2.31. The molecule has 43 heavy (non-hydrogen) atoms. The Labute approximate surface area is 266 Å². The number of aliphatic hydroxyl groups is 1. The van der Waals surface area contributed by atoms with Gasteiger partial charge in [0.05, 0.1) is 6.10 Å². The molecular weight excluding hydrogens is 589 g/mol. The Hall–Kier alpha value is -3.24. The van der Waals surface area contributed by atoms with E-state index in [1.807, 2.05) is 75.4 Å². The first kappa shape index (κ1) is 36.0. The van der Waals surface area contributed by atoms with Gasteiger partial charge in [-0.25, -0.2) is 0 Å². The van der Waals surface area contributed by atoms with E-state index in [-0.39, 0.29) is 62.0 Å². The van der Waals surface area contributed by atoms with E-state index < -0.39 is 23.6 Å². The van der Waals surface area contributed by atoms with Crippen LogP contribution in [0.5, 0.6) is 0 Å². The SMILES string of the molecule is CC(C)(C)C(=O)N1CCC[C@H]1C(=O)N[C@H](Cc1ccc2ccccc2c1)C(=O)NCC(O)CNCc1cccnc1.Cl.Cl. The summed E-state index contributed by atoms with van der Waals surface area (Å²) in [6.45, 7) is 6.91. The second kappa shape index (κ2) is 16.6. The number of carbonyl (C=O) groups is 3. The normalized spacial score (nSPS) is 16.0. The molecule has 0 aliphatic carbocycles. The van der Waals surface area contributed by atoms with Gasteiger partial charge in [0, 0.05) is 50.4 Å². The number of benzene rings is 2. The summed E-state index contributed by atoms with van der Waals surface area (Å²) in [5, 5.41) is 21.5. The summed E-state index contributed by atoms with van der Waals surface area (Å²) in [4.78, 5) is 45.6. The fourth-order valence-electron chi connectivity index (χ4n) is 5.09. The summed E-state index contributed by atoms with van der Waals surface area (Å²) in [7, 11) is 0. The van der Waals surface area contributed by atoms with E-state index in [1.165, 1.54) is 0 Å². The van der Waals surface area contributed by atoms with Crippen LogP contribution >= 0.6 is 24.8 Å². The zero-order valence-corrected chi connectivity index (χ0v) is 26.5. The van der Waals surface area contributed by atoms with Crippen LogP contribution in [0.1, 0.15) is 44.7 Å². The Morgan fingerprint density at radius 2 is 1.74 bits per heavy atom. The van der Waals surface area contributed by atoms with Gasteiger partial charge < -0.3 is 26.0 Å². The topological polar surface area (TPSA) is 124 Å². The minimum Gasteiger partial charge on any atom is -0.390 e. The van der Waals surface area contributed by atoms with Gasteiger partial charge in [-0.2, -0.15) is 0 Å². The first-order valence-electron chi connectivity index (χ1n) is 14.3. The Bertz CT molecular complexity index is 1350. The number of nitrogens with zero attached hydrogens (tertiary/aromatic N) is 2. The summed E-state index contributed by atoms with van der Waals surface area (Å²) < 4.78 is 0. The zero-order chi connectivity index (χ0) is 29.4. The van der Waals surface area contributed by atoms with Gasteiger partial charge in [0.25, 0.3) is 0 Å². The number of aliphatic hydroxyl groups excluding tert-OH is 1. The molecule has 3 aromatic rings. The van der Waals surface area contributed by atoms with Crippen LogP contribution in [-0.2, 0) is 27.3 Å². The molecule has 234 valence electrons. The molecule has 4 rings (SSSR count). The van der Waals surface area contributed by atoms with Gasteiger partial charge in [-0.05, 0) is 40.8 Å². The molecule has 3 atom stereocenters. The van der Waals surface area contributed by atoms with Gasteiger partial charge in [0.2, 0.25) is 17.7 Å². The van der Waals surface area contributed by atoms with Crippen molar-refractivity contribution in [3.8, 4) is 0 Å². The maximum atomic E-state index is 13.5. The molecule has 1 aliphatic heterocycles. The van der Waals surface area contributed by atoms with Crippen molar-refractivity contribution in [3.05, 3.63) is 78.1 Å². The Balaban J connectivity index is 0.00000323. The van der Waals surface area contributed by atoms with Crippen molar-refractivity contribution in [3.63, 3.8) is 0 Å². The molecular formula is C32H43Cl2N5O4. The minimum atomic E-state index is -0.869. The van der Waals surface area contributed by atoms with Crippen molar-refractivity contribution in [2.75, 3.05) is 19.6 Å². The number of amides is 3. The molecule has 0 radical (unpaired) electrons. The van der Waals surface area contributed by atoms with E-state index >= 15 is 0 Å². The van der Waals surface area contributed by atoms with Crippen LogP contribution in [0.25, 0.3) is 10.8 Å². The summed E-state index contributed by atoms with van der Waals surface area (Å²) in [5.41, 5.74) is 1.29. The monoisotopic (exact) mass is 631 g/mol. The summed E-state index contributed by atoms with van der Waals surface area (Å²) in [6, 6.07) is 16.2. The average Bonchev–Trinajstić information content (AvgIpc) is 3.45. The third kappa shape index (κ3) is 10.2. The lowest BCUT2D eigenvalue weighted by atomic mass is 9.94. The van der Waals surface area contributed by atoms with E-state index in [0.29, 0.717) is 19.5 Å². The summed E-state index contributed by atoms with van der Waals surface area (Å²) in [5.74, 6) is -0.795. The molecule has 2 aromatic carbocycles. The van der Waals surface area contributed by atoms with Gasteiger partial charge in [0.15, 0.2) is 0 Å². The number of hydrogen-bond donors (Lipinski definition) is 4. The molecule has 1 fully saturated rings. The van der Waals surface area contributed by atoms with Crippen LogP contribution in [-0.4, -0.2) is 70.5 Å². The van der Waals surface area contributed by atoms with E-state index in [4.69, 9.17) is 0 Å². The van der Waals surface area contributed by atoms with Crippen LogP contribution < -0.4 is 16.0 Å². The predicted octanol–water partition coefficient (Wildman–Crippen LogP) is 3.41. The lowest BCUT2D eigenvalue weighted by molar-refractivity contribution is -0.145. The van der Waals surface area contributed by atoms with Gasteiger partial charge >= 0.3 is 0 Å². The van der Waals surface area contributed by atoms with Gasteiger partial charge in [-0.15, -0.1) is 24.8 Å². The molecule has 0 saturated carbocycles.